The fraction of sp³-hybridized carbons (Fsp3) is 0.421. The number of likely N-dealkylation sites (N-methyl/N-ethyl adjacent to an activating group) is 1. The number of hydrogen-bond acceptors (Lipinski definition) is 5. The quantitative estimate of drug-likeness (QED) is 0.740. The molecule has 0 aliphatic carbocycles. The number of hydrogen-bond donors (Lipinski definition) is 0. The van der Waals surface area contributed by atoms with E-state index in [4.69, 9.17) is 4.42 Å². The maximum Gasteiger partial charge on any atom is 0.254 e. The topological polar surface area (TPSA) is 70.8 Å². The van der Waals surface area contributed by atoms with Crippen molar-refractivity contribution in [3.63, 3.8) is 0 Å². The summed E-state index contributed by atoms with van der Waals surface area (Å²) in [5, 5.41) is 0. The Hall–Kier alpha value is -2.12. The van der Waals surface area contributed by atoms with Crippen LogP contribution in [0.5, 0.6) is 0 Å². The molecule has 0 spiro atoms. The SMILES string of the molecule is Cc1ccc(CN(CCN(C)C)C(=O)c2cc(S(C)(=O)=O)ccc2C)o1. The molecule has 26 heavy (non-hydrogen) atoms. The van der Waals surface area contributed by atoms with Crippen molar-refractivity contribution >= 4 is 15.7 Å². The highest BCUT2D eigenvalue weighted by atomic mass is 32.2. The minimum Gasteiger partial charge on any atom is -0.464 e. The van der Waals surface area contributed by atoms with E-state index in [0.717, 1.165) is 17.6 Å². The van der Waals surface area contributed by atoms with Crippen LogP contribution >= 0.6 is 0 Å². The number of benzene rings is 1. The van der Waals surface area contributed by atoms with Gasteiger partial charge in [-0.05, 0) is 57.8 Å². The van der Waals surface area contributed by atoms with Crippen molar-refractivity contribution in [1.82, 2.24) is 9.80 Å². The van der Waals surface area contributed by atoms with Crippen molar-refractivity contribution in [3.8, 4) is 0 Å². The van der Waals surface area contributed by atoms with Crippen molar-refractivity contribution in [1.29, 1.82) is 0 Å². The molecule has 1 amide bonds. The van der Waals surface area contributed by atoms with Gasteiger partial charge in [0.1, 0.15) is 11.5 Å². The van der Waals surface area contributed by atoms with Crippen molar-refractivity contribution in [3.05, 3.63) is 53.0 Å². The maximum atomic E-state index is 13.1. The number of furan rings is 1. The van der Waals surface area contributed by atoms with Crippen LogP contribution < -0.4 is 0 Å². The summed E-state index contributed by atoms with van der Waals surface area (Å²) < 4.78 is 29.3. The van der Waals surface area contributed by atoms with E-state index in [-0.39, 0.29) is 10.8 Å². The molecule has 0 aliphatic rings. The van der Waals surface area contributed by atoms with Gasteiger partial charge >= 0.3 is 0 Å². The average molecular weight is 378 g/mol. The number of sulfone groups is 1. The van der Waals surface area contributed by atoms with Gasteiger partial charge in [0.05, 0.1) is 11.4 Å². The third kappa shape index (κ3) is 5.19. The fourth-order valence-corrected chi connectivity index (χ4v) is 3.21. The van der Waals surface area contributed by atoms with E-state index in [1.165, 1.54) is 12.1 Å². The van der Waals surface area contributed by atoms with Gasteiger partial charge in [0.25, 0.3) is 5.91 Å². The second-order valence-corrected chi connectivity index (χ2v) is 8.81. The Labute approximate surface area is 155 Å². The molecule has 6 nitrogen and oxygen atoms in total. The highest BCUT2D eigenvalue weighted by Crippen LogP contribution is 2.19. The molecule has 0 N–H and O–H groups in total. The van der Waals surface area contributed by atoms with Gasteiger partial charge in [-0.1, -0.05) is 6.07 Å². The molecule has 0 saturated carbocycles. The smallest absolute Gasteiger partial charge is 0.254 e. The van der Waals surface area contributed by atoms with Gasteiger partial charge in [-0.15, -0.1) is 0 Å². The summed E-state index contributed by atoms with van der Waals surface area (Å²) in [7, 11) is 0.499. The van der Waals surface area contributed by atoms with Crippen molar-refractivity contribution in [2.24, 2.45) is 0 Å². The molecule has 1 heterocycles. The Morgan fingerprint density at radius 1 is 1.08 bits per heavy atom. The van der Waals surface area contributed by atoms with Gasteiger partial charge in [0, 0.05) is 24.9 Å². The summed E-state index contributed by atoms with van der Waals surface area (Å²) >= 11 is 0. The number of rotatable bonds is 7. The number of nitrogens with zero attached hydrogens (tertiary/aromatic N) is 2. The van der Waals surface area contributed by atoms with Gasteiger partial charge in [-0.2, -0.15) is 0 Å². The molecule has 2 rings (SSSR count). The molecule has 1 aromatic heterocycles. The van der Waals surface area contributed by atoms with Crippen LogP contribution in [0.1, 0.15) is 27.4 Å². The first-order chi connectivity index (χ1) is 12.1. The molecule has 0 atom stereocenters. The first-order valence-electron chi connectivity index (χ1n) is 8.38. The summed E-state index contributed by atoms with van der Waals surface area (Å²) in [6.45, 7) is 5.20. The Kier molecular flexibility index (Phi) is 6.26. The van der Waals surface area contributed by atoms with Gasteiger partial charge in [-0.3, -0.25) is 4.79 Å². The van der Waals surface area contributed by atoms with Crippen molar-refractivity contribution in [2.75, 3.05) is 33.4 Å². The summed E-state index contributed by atoms with van der Waals surface area (Å²) in [5.74, 6) is 1.28. The minimum absolute atomic E-state index is 0.146. The average Bonchev–Trinajstić information content (AvgIpc) is 2.95. The number of amides is 1. The predicted octanol–water partition coefficient (Wildman–Crippen LogP) is 2.50. The molecule has 0 bridgehead atoms. The van der Waals surface area contributed by atoms with Crippen LogP contribution in [0.15, 0.2) is 39.6 Å². The second kappa shape index (κ2) is 8.05. The van der Waals surface area contributed by atoms with Crippen LogP contribution in [-0.2, 0) is 16.4 Å². The predicted molar refractivity (Wildman–Crippen MR) is 101 cm³/mol. The molecule has 0 fully saturated rings. The fourth-order valence-electron chi connectivity index (χ4n) is 2.56. The van der Waals surface area contributed by atoms with E-state index in [9.17, 15) is 13.2 Å². The zero-order valence-electron chi connectivity index (χ0n) is 15.9. The molecular formula is C19H26N2O4S. The van der Waals surface area contributed by atoms with E-state index in [2.05, 4.69) is 0 Å². The molecule has 1 aromatic carbocycles. The first kappa shape index (κ1) is 20.2. The van der Waals surface area contributed by atoms with Gasteiger partial charge in [0.2, 0.25) is 0 Å². The van der Waals surface area contributed by atoms with Crippen molar-refractivity contribution < 1.29 is 17.6 Å². The molecule has 0 unspecified atom stereocenters. The maximum absolute atomic E-state index is 13.1. The lowest BCUT2D eigenvalue weighted by Gasteiger charge is -2.24. The van der Waals surface area contributed by atoms with Gasteiger partial charge in [-0.25, -0.2) is 8.42 Å². The van der Waals surface area contributed by atoms with Crippen molar-refractivity contribution in [2.45, 2.75) is 25.3 Å². The van der Waals surface area contributed by atoms with Crippen LogP contribution in [0, 0.1) is 13.8 Å². The third-order valence-corrected chi connectivity index (χ3v) is 5.22. The van der Waals surface area contributed by atoms with E-state index in [1.54, 1.807) is 17.9 Å². The van der Waals surface area contributed by atoms with Crippen LogP contribution in [0.4, 0.5) is 0 Å². The highest BCUT2D eigenvalue weighted by molar-refractivity contribution is 7.90. The standard InChI is InChI=1S/C19H26N2O4S/c1-14-6-9-17(26(5,23)24)12-18(14)19(22)21(11-10-20(3)4)13-16-8-7-15(2)25-16/h6-9,12H,10-11,13H2,1-5H3. The molecule has 142 valence electrons. The normalized spacial score (nSPS) is 11.8. The minimum atomic E-state index is -3.38. The monoisotopic (exact) mass is 378 g/mol. The molecule has 0 radical (unpaired) electrons. The van der Waals surface area contributed by atoms with Crippen LogP contribution in [-0.4, -0.2) is 57.6 Å². The lowest BCUT2D eigenvalue weighted by atomic mass is 10.1. The Morgan fingerprint density at radius 3 is 2.31 bits per heavy atom. The molecule has 2 aromatic rings. The Morgan fingerprint density at radius 2 is 1.77 bits per heavy atom. The number of carbonyl (C=O) groups excluding carboxylic acids is 1. The largest absolute Gasteiger partial charge is 0.464 e. The molecular weight excluding hydrogens is 352 g/mol. The van der Waals surface area contributed by atoms with Crippen LogP contribution in [0.2, 0.25) is 0 Å². The highest BCUT2D eigenvalue weighted by Gasteiger charge is 2.21. The van der Waals surface area contributed by atoms with Crippen LogP contribution in [0.3, 0.4) is 0 Å². The lowest BCUT2D eigenvalue weighted by molar-refractivity contribution is 0.0718. The van der Waals surface area contributed by atoms with E-state index in [0.29, 0.717) is 31.0 Å². The lowest BCUT2D eigenvalue weighted by Crippen LogP contribution is -2.36. The zero-order valence-corrected chi connectivity index (χ0v) is 16.8. The number of aryl methyl sites for hydroxylation is 2. The van der Waals surface area contributed by atoms with Crippen LogP contribution in [0.25, 0.3) is 0 Å². The Bertz CT molecular complexity index is 885. The number of carbonyl (C=O) groups is 1. The summed E-state index contributed by atoms with van der Waals surface area (Å²) in [4.78, 5) is 17.0. The molecule has 7 heteroatoms. The van der Waals surface area contributed by atoms with Gasteiger partial charge < -0.3 is 14.2 Å². The molecule has 0 aliphatic heterocycles. The Balaban J connectivity index is 2.35. The second-order valence-electron chi connectivity index (χ2n) is 6.79. The van der Waals surface area contributed by atoms with E-state index < -0.39 is 9.84 Å². The van der Waals surface area contributed by atoms with Gasteiger partial charge in [0.15, 0.2) is 9.84 Å². The summed E-state index contributed by atoms with van der Waals surface area (Å²) in [6, 6.07) is 8.37. The zero-order chi connectivity index (χ0) is 19.5. The first-order valence-corrected chi connectivity index (χ1v) is 10.3. The summed E-state index contributed by atoms with van der Waals surface area (Å²) in [5.41, 5.74) is 1.14. The van der Waals surface area contributed by atoms with E-state index in [1.807, 2.05) is 38.1 Å². The third-order valence-electron chi connectivity index (χ3n) is 4.11. The van der Waals surface area contributed by atoms with E-state index >= 15 is 0 Å². The molecule has 0 saturated heterocycles. The summed E-state index contributed by atoms with van der Waals surface area (Å²) in [6.07, 6.45) is 1.14.